The molecule has 108 valence electrons. The lowest BCUT2D eigenvalue weighted by Gasteiger charge is -2.06. The smallest absolute Gasteiger partial charge is 0.375 e. The first-order chi connectivity index (χ1) is 8.86. The van der Waals surface area contributed by atoms with Crippen molar-refractivity contribution in [2.75, 3.05) is 12.3 Å². The molecule has 0 fully saturated rings. The van der Waals surface area contributed by atoms with Gasteiger partial charge >= 0.3 is 5.97 Å². The van der Waals surface area contributed by atoms with Gasteiger partial charge in [0.25, 0.3) is 0 Å². The van der Waals surface area contributed by atoms with E-state index < -0.39 is 23.3 Å². The van der Waals surface area contributed by atoms with Crippen LogP contribution in [0.25, 0.3) is 0 Å². The van der Waals surface area contributed by atoms with Gasteiger partial charge in [0.2, 0.25) is 11.7 Å². The number of Topliss-reactive ketones (excluding diaryl/α,β-unsaturated/α-hetero) is 1. The zero-order valence-corrected chi connectivity index (χ0v) is 12.2. The van der Waals surface area contributed by atoms with E-state index in [-0.39, 0.29) is 12.0 Å². The number of carbonyl (C=O) groups is 4. The maximum absolute atomic E-state index is 11.4. The van der Waals surface area contributed by atoms with Gasteiger partial charge in [-0.3, -0.25) is 14.4 Å². The van der Waals surface area contributed by atoms with Crippen LogP contribution in [0.3, 0.4) is 0 Å². The molecule has 0 bridgehead atoms. The molecular formula is C12H19NO5S. The second kappa shape index (κ2) is 9.55. The molecule has 0 heterocycles. The second-order valence-corrected chi connectivity index (χ2v) is 5.13. The van der Waals surface area contributed by atoms with E-state index in [0.29, 0.717) is 18.7 Å². The van der Waals surface area contributed by atoms with Gasteiger partial charge in [-0.05, 0) is 13.8 Å². The lowest BCUT2D eigenvalue weighted by Crippen LogP contribution is -2.25. The van der Waals surface area contributed by atoms with Crippen LogP contribution in [0.5, 0.6) is 0 Å². The molecule has 7 heteroatoms. The van der Waals surface area contributed by atoms with Gasteiger partial charge in [-0.15, -0.1) is 0 Å². The van der Waals surface area contributed by atoms with Crippen LogP contribution in [0.1, 0.15) is 33.6 Å². The fraction of sp³-hybridized carbons (Fsp3) is 0.667. The van der Waals surface area contributed by atoms with E-state index in [1.807, 2.05) is 0 Å². The molecule has 6 nitrogen and oxygen atoms in total. The van der Waals surface area contributed by atoms with E-state index in [0.717, 1.165) is 11.8 Å². The normalized spacial score (nSPS) is 10.1. The van der Waals surface area contributed by atoms with Gasteiger partial charge in [0.05, 0.1) is 12.5 Å². The van der Waals surface area contributed by atoms with Crippen molar-refractivity contribution >= 4 is 34.5 Å². The minimum atomic E-state index is -0.983. The number of ketones is 1. The third-order valence-electron chi connectivity index (χ3n) is 1.88. The van der Waals surface area contributed by atoms with Crippen LogP contribution in [0.4, 0.5) is 0 Å². The van der Waals surface area contributed by atoms with Gasteiger partial charge in [0.15, 0.2) is 5.12 Å². The third kappa shape index (κ3) is 9.24. The van der Waals surface area contributed by atoms with Crippen LogP contribution in [0.15, 0.2) is 0 Å². The van der Waals surface area contributed by atoms with E-state index in [9.17, 15) is 19.2 Å². The molecule has 0 aromatic rings. The molecule has 0 aliphatic rings. The molecule has 0 unspecified atom stereocenters. The molecule has 19 heavy (non-hydrogen) atoms. The van der Waals surface area contributed by atoms with Crippen molar-refractivity contribution in [3.05, 3.63) is 0 Å². The van der Waals surface area contributed by atoms with Crippen LogP contribution >= 0.6 is 11.8 Å². The van der Waals surface area contributed by atoms with Crippen LogP contribution in [-0.4, -0.2) is 41.2 Å². The minimum Gasteiger partial charge on any atom is -0.457 e. The van der Waals surface area contributed by atoms with Crippen LogP contribution in [-0.2, 0) is 23.9 Å². The first-order valence-corrected chi connectivity index (χ1v) is 7.01. The molecule has 0 aromatic heterocycles. The van der Waals surface area contributed by atoms with Crippen molar-refractivity contribution in [1.29, 1.82) is 0 Å². The quantitative estimate of drug-likeness (QED) is 0.306. The highest BCUT2D eigenvalue weighted by Crippen LogP contribution is 2.06. The summed E-state index contributed by atoms with van der Waals surface area (Å²) < 4.78 is 4.68. The number of ether oxygens (including phenoxy) is 1. The fourth-order valence-electron chi connectivity index (χ4n) is 1.01. The SMILES string of the molecule is CCC(=O)NCCSC(=O)CC(=O)C(=O)OC(C)C. The maximum Gasteiger partial charge on any atom is 0.375 e. The van der Waals surface area contributed by atoms with Crippen LogP contribution < -0.4 is 5.32 Å². The second-order valence-electron chi connectivity index (χ2n) is 3.98. The number of carbonyl (C=O) groups excluding carboxylic acids is 4. The Bertz CT molecular complexity index is 354. The monoisotopic (exact) mass is 289 g/mol. The number of esters is 1. The molecule has 0 aliphatic heterocycles. The molecule has 0 aromatic carbocycles. The molecule has 0 rings (SSSR count). The summed E-state index contributed by atoms with van der Waals surface area (Å²) in [6.45, 7) is 5.33. The predicted molar refractivity (Wildman–Crippen MR) is 71.6 cm³/mol. The summed E-state index contributed by atoms with van der Waals surface area (Å²) in [5.41, 5.74) is 0. The average Bonchev–Trinajstić information content (AvgIpc) is 2.33. The predicted octanol–water partition coefficient (Wildman–Crippen LogP) is 0.683. The Kier molecular flexibility index (Phi) is 8.86. The van der Waals surface area contributed by atoms with Crippen molar-refractivity contribution < 1.29 is 23.9 Å². The van der Waals surface area contributed by atoms with E-state index >= 15 is 0 Å². The van der Waals surface area contributed by atoms with Gasteiger partial charge in [-0.1, -0.05) is 18.7 Å². The zero-order chi connectivity index (χ0) is 14.8. The minimum absolute atomic E-state index is 0.0929. The van der Waals surface area contributed by atoms with Crippen LogP contribution in [0.2, 0.25) is 0 Å². The molecule has 1 amide bonds. The zero-order valence-electron chi connectivity index (χ0n) is 11.4. The maximum atomic E-state index is 11.4. The summed E-state index contributed by atoms with van der Waals surface area (Å²) >= 11 is 0.911. The lowest BCUT2D eigenvalue weighted by molar-refractivity contribution is -0.157. The van der Waals surface area contributed by atoms with Crippen molar-refractivity contribution in [2.45, 2.75) is 39.7 Å². The first-order valence-electron chi connectivity index (χ1n) is 6.03. The number of hydrogen-bond donors (Lipinski definition) is 1. The third-order valence-corrected chi connectivity index (χ3v) is 2.76. The highest BCUT2D eigenvalue weighted by Gasteiger charge is 2.20. The molecule has 0 atom stereocenters. The Hall–Kier alpha value is -1.37. The highest BCUT2D eigenvalue weighted by atomic mass is 32.2. The Morgan fingerprint density at radius 3 is 2.37 bits per heavy atom. The van der Waals surface area contributed by atoms with Crippen molar-refractivity contribution in [3.8, 4) is 0 Å². The van der Waals surface area contributed by atoms with Gasteiger partial charge < -0.3 is 10.1 Å². The summed E-state index contributed by atoms with van der Waals surface area (Å²) in [5.74, 6) is -1.55. The number of rotatable bonds is 8. The Morgan fingerprint density at radius 2 is 1.84 bits per heavy atom. The summed E-state index contributed by atoms with van der Waals surface area (Å²) in [5, 5.41) is 2.20. The first kappa shape index (κ1) is 17.6. The van der Waals surface area contributed by atoms with Gasteiger partial charge in [-0.2, -0.15) is 0 Å². The summed E-state index contributed by atoms with van der Waals surface area (Å²) in [4.78, 5) is 44.7. The van der Waals surface area contributed by atoms with Crippen molar-refractivity contribution in [3.63, 3.8) is 0 Å². The van der Waals surface area contributed by atoms with E-state index in [1.165, 1.54) is 0 Å². The molecule has 0 aliphatic carbocycles. The molecule has 1 N–H and O–H groups in total. The Labute approximate surface area is 116 Å². The Morgan fingerprint density at radius 1 is 1.21 bits per heavy atom. The largest absolute Gasteiger partial charge is 0.457 e. The summed E-state index contributed by atoms with van der Waals surface area (Å²) in [6, 6.07) is 0. The van der Waals surface area contributed by atoms with Gasteiger partial charge in [0.1, 0.15) is 0 Å². The molecule has 0 saturated carbocycles. The molecule has 0 radical (unpaired) electrons. The fourth-order valence-corrected chi connectivity index (χ4v) is 1.68. The van der Waals surface area contributed by atoms with E-state index in [4.69, 9.17) is 0 Å². The molecule has 0 saturated heterocycles. The van der Waals surface area contributed by atoms with Crippen molar-refractivity contribution in [2.24, 2.45) is 0 Å². The standard InChI is InChI=1S/C12H19NO5S/c1-4-10(15)13-5-6-19-11(16)7-9(14)12(17)18-8(2)3/h8H,4-7H2,1-3H3,(H,13,15). The average molecular weight is 289 g/mol. The van der Waals surface area contributed by atoms with Gasteiger partial charge in [0, 0.05) is 18.7 Å². The van der Waals surface area contributed by atoms with Gasteiger partial charge in [-0.25, -0.2) is 4.79 Å². The van der Waals surface area contributed by atoms with E-state index in [2.05, 4.69) is 10.1 Å². The van der Waals surface area contributed by atoms with Crippen molar-refractivity contribution in [1.82, 2.24) is 5.32 Å². The molecule has 0 spiro atoms. The highest BCUT2D eigenvalue weighted by molar-refractivity contribution is 8.13. The molecular weight excluding hydrogens is 270 g/mol. The number of hydrogen-bond acceptors (Lipinski definition) is 6. The lowest BCUT2D eigenvalue weighted by atomic mass is 10.3. The topological polar surface area (TPSA) is 89.5 Å². The summed E-state index contributed by atoms with van der Waals surface area (Å²) in [6.07, 6.45) is -0.473. The Balaban J connectivity index is 3.83. The van der Waals surface area contributed by atoms with E-state index in [1.54, 1.807) is 20.8 Å². The summed E-state index contributed by atoms with van der Waals surface area (Å²) in [7, 11) is 0. The number of thioether (sulfide) groups is 1. The van der Waals surface area contributed by atoms with Crippen LogP contribution in [0, 0.1) is 0 Å². The number of amides is 1. The number of nitrogens with one attached hydrogen (secondary N) is 1.